The molecule has 0 aliphatic rings. The van der Waals surface area contributed by atoms with E-state index in [0.717, 1.165) is 16.8 Å². The fourth-order valence-corrected chi connectivity index (χ4v) is 2.12. The molecule has 0 radical (unpaired) electrons. The van der Waals surface area contributed by atoms with Gasteiger partial charge in [-0.1, -0.05) is 24.3 Å². The number of nitrogens with one attached hydrogen (secondary N) is 2. The molecule has 0 aliphatic heterocycles. The summed E-state index contributed by atoms with van der Waals surface area (Å²) >= 11 is 1.41. The molecule has 0 saturated carbocycles. The molecule has 88 valence electrons. The summed E-state index contributed by atoms with van der Waals surface area (Å²) in [5.41, 5.74) is 13.7. The predicted octanol–water partition coefficient (Wildman–Crippen LogP) is 1.57. The van der Waals surface area contributed by atoms with Gasteiger partial charge in [0.05, 0.1) is 5.69 Å². The third-order valence-corrected chi connectivity index (χ3v) is 2.99. The number of rotatable bonds is 3. The highest BCUT2D eigenvalue weighted by molar-refractivity contribution is 7.14. The summed E-state index contributed by atoms with van der Waals surface area (Å²) in [6.45, 7) is 0.536. The van der Waals surface area contributed by atoms with Crippen LogP contribution in [0.25, 0.3) is 11.3 Å². The van der Waals surface area contributed by atoms with Gasteiger partial charge in [-0.15, -0.1) is 11.3 Å². The molecule has 0 spiro atoms. The number of benzene rings is 1. The Hall–Kier alpha value is -1.92. The lowest BCUT2D eigenvalue weighted by atomic mass is 10.1. The quantitative estimate of drug-likeness (QED) is 0.488. The minimum atomic E-state index is -0.107. The Labute approximate surface area is 103 Å². The average molecular weight is 247 g/mol. The summed E-state index contributed by atoms with van der Waals surface area (Å²) in [6, 6.07) is 7.92. The zero-order valence-electron chi connectivity index (χ0n) is 9.10. The fraction of sp³-hybridized carbons (Fsp3) is 0.0909. The Bertz CT molecular complexity index is 517. The first-order valence-corrected chi connectivity index (χ1v) is 5.93. The number of nitrogens with two attached hydrogens (primary N) is 2. The number of guanidine groups is 1. The minimum absolute atomic E-state index is 0.107. The van der Waals surface area contributed by atoms with Gasteiger partial charge in [0.2, 0.25) is 0 Å². The maximum Gasteiger partial charge on any atom is 0.192 e. The van der Waals surface area contributed by atoms with Crippen molar-refractivity contribution in [3.8, 4) is 11.3 Å². The number of aromatic nitrogens is 1. The smallest absolute Gasteiger partial charge is 0.192 e. The summed E-state index contributed by atoms with van der Waals surface area (Å²) in [5, 5.41) is 12.3. The zero-order valence-corrected chi connectivity index (χ0v) is 9.92. The van der Waals surface area contributed by atoms with Crippen LogP contribution < -0.4 is 16.8 Å². The van der Waals surface area contributed by atoms with Gasteiger partial charge in [0.15, 0.2) is 11.1 Å². The van der Waals surface area contributed by atoms with Crippen LogP contribution in [0.4, 0.5) is 5.13 Å². The lowest BCUT2D eigenvalue weighted by Gasteiger charge is -1.99. The molecule has 1 aromatic heterocycles. The molecule has 6 N–H and O–H groups in total. The van der Waals surface area contributed by atoms with Gasteiger partial charge < -0.3 is 16.8 Å². The van der Waals surface area contributed by atoms with Crippen molar-refractivity contribution in [3.05, 3.63) is 35.2 Å². The molecule has 17 heavy (non-hydrogen) atoms. The van der Waals surface area contributed by atoms with Crippen molar-refractivity contribution >= 4 is 22.4 Å². The predicted molar refractivity (Wildman–Crippen MR) is 71.0 cm³/mol. The highest BCUT2D eigenvalue weighted by Crippen LogP contribution is 2.24. The summed E-state index contributed by atoms with van der Waals surface area (Å²) in [6.07, 6.45) is 0. The van der Waals surface area contributed by atoms with Crippen molar-refractivity contribution < 1.29 is 0 Å². The highest BCUT2D eigenvalue weighted by atomic mass is 32.1. The molecule has 0 fully saturated rings. The molecule has 5 nitrogen and oxygen atoms in total. The van der Waals surface area contributed by atoms with Gasteiger partial charge in [0.25, 0.3) is 0 Å². The highest BCUT2D eigenvalue weighted by Gasteiger charge is 2.04. The van der Waals surface area contributed by atoms with Gasteiger partial charge in [0, 0.05) is 17.5 Å². The normalized spacial score (nSPS) is 10.2. The number of thiazole rings is 1. The first-order valence-electron chi connectivity index (χ1n) is 5.05. The molecular formula is C11H13N5S. The second-order valence-electron chi connectivity index (χ2n) is 3.48. The molecule has 0 amide bonds. The topological polar surface area (TPSA) is 101 Å². The maximum atomic E-state index is 7.12. The number of hydrogen-bond donors (Lipinski definition) is 4. The molecule has 1 aromatic carbocycles. The number of anilines is 1. The van der Waals surface area contributed by atoms with E-state index in [-0.39, 0.29) is 5.96 Å². The average Bonchev–Trinajstić information content (AvgIpc) is 2.77. The first-order chi connectivity index (χ1) is 8.19. The van der Waals surface area contributed by atoms with E-state index in [0.29, 0.717) is 11.7 Å². The van der Waals surface area contributed by atoms with Gasteiger partial charge in [-0.2, -0.15) is 0 Å². The van der Waals surface area contributed by atoms with Gasteiger partial charge in [0.1, 0.15) is 0 Å². The molecule has 0 saturated heterocycles. The first kappa shape index (κ1) is 11.6. The van der Waals surface area contributed by atoms with Gasteiger partial charge >= 0.3 is 0 Å². The molecule has 1 heterocycles. The third kappa shape index (κ3) is 2.80. The fourth-order valence-electron chi connectivity index (χ4n) is 1.39. The SMILES string of the molecule is N=C(N)Nc1nc(-c2ccc(CN)cc2)cs1. The Morgan fingerprint density at radius 1 is 1.35 bits per heavy atom. The third-order valence-electron chi connectivity index (χ3n) is 2.23. The van der Waals surface area contributed by atoms with Crippen molar-refractivity contribution in [3.63, 3.8) is 0 Å². The van der Waals surface area contributed by atoms with Gasteiger partial charge in [-0.3, -0.25) is 5.41 Å². The van der Waals surface area contributed by atoms with Crippen LogP contribution in [-0.4, -0.2) is 10.9 Å². The van der Waals surface area contributed by atoms with E-state index >= 15 is 0 Å². The molecule has 0 unspecified atom stereocenters. The molecular weight excluding hydrogens is 234 g/mol. The molecule has 2 rings (SSSR count). The van der Waals surface area contributed by atoms with Crippen molar-refractivity contribution in [2.24, 2.45) is 11.5 Å². The molecule has 0 atom stereocenters. The Balaban J connectivity index is 2.21. The van der Waals surface area contributed by atoms with Crippen LogP contribution in [0.5, 0.6) is 0 Å². The largest absolute Gasteiger partial charge is 0.370 e. The summed E-state index contributed by atoms with van der Waals surface area (Å²) in [5.74, 6) is -0.107. The Morgan fingerprint density at radius 3 is 2.65 bits per heavy atom. The molecule has 6 heteroatoms. The zero-order chi connectivity index (χ0) is 12.3. The van der Waals surface area contributed by atoms with Crippen molar-refractivity contribution in [2.75, 3.05) is 5.32 Å². The van der Waals surface area contributed by atoms with Crippen LogP contribution in [0.3, 0.4) is 0 Å². The van der Waals surface area contributed by atoms with Crippen LogP contribution in [0.1, 0.15) is 5.56 Å². The summed E-state index contributed by atoms with van der Waals surface area (Å²) in [4.78, 5) is 4.33. The van der Waals surface area contributed by atoms with Crippen molar-refractivity contribution in [1.29, 1.82) is 5.41 Å². The van der Waals surface area contributed by atoms with Crippen LogP contribution in [0.2, 0.25) is 0 Å². The van der Waals surface area contributed by atoms with Crippen LogP contribution >= 0.6 is 11.3 Å². The monoisotopic (exact) mass is 247 g/mol. The Kier molecular flexibility index (Phi) is 3.36. The lowest BCUT2D eigenvalue weighted by molar-refractivity contribution is 1.07. The lowest BCUT2D eigenvalue weighted by Crippen LogP contribution is -2.20. The summed E-state index contributed by atoms with van der Waals surface area (Å²) < 4.78 is 0. The molecule has 0 aliphatic carbocycles. The number of hydrogen-bond acceptors (Lipinski definition) is 4. The van der Waals surface area contributed by atoms with E-state index in [1.807, 2.05) is 29.6 Å². The van der Waals surface area contributed by atoms with E-state index in [9.17, 15) is 0 Å². The molecule has 2 aromatic rings. The van der Waals surface area contributed by atoms with E-state index in [2.05, 4.69) is 10.3 Å². The summed E-state index contributed by atoms with van der Waals surface area (Å²) in [7, 11) is 0. The second-order valence-corrected chi connectivity index (χ2v) is 4.34. The minimum Gasteiger partial charge on any atom is -0.370 e. The van der Waals surface area contributed by atoms with Crippen LogP contribution in [-0.2, 0) is 6.54 Å². The molecule has 0 bridgehead atoms. The van der Waals surface area contributed by atoms with Crippen LogP contribution in [0, 0.1) is 5.41 Å². The van der Waals surface area contributed by atoms with E-state index < -0.39 is 0 Å². The maximum absolute atomic E-state index is 7.12. The van der Waals surface area contributed by atoms with Gasteiger partial charge in [-0.25, -0.2) is 4.98 Å². The van der Waals surface area contributed by atoms with Crippen molar-refractivity contribution in [1.82, 2.24) is 4.98 Å². The van der Waals surface area contributed by atoms with Crippen LogP contribution in [0.15, 0.2) is 29.6 Å². The Morgan fingerprint density at radius 2 is 2.06 bits per heavy atom. The number of nitrogens with zero attached hydrogens (tertiary/aromatic N) is 1. The van der Waals surface area contributed by atoms with Gasteiger partial charge in [-0.05, 0) is 5.56 Å². The van der Waals surface area contributed by atoms with E-state index in [1.165, 1.54) is 11.3 Å². The second kappa shape index (κ2) is 4.94. The standard InChI is InChI=1S/C11H13N5S/c12-5-7-1-3-8(4-2-7)9-6-17-11(15-9)16-10(13)14/h1-4,6H,5,12H2,(H4,13,14,15,16). The van der Waals surface area contributed by atoms with E-state index in [4.69, 9.17) is 16.9 Å². The van der Waals surface area contributed by atoms with Crippen molar-refractivity contribution in [2.45, 2.75) is 6.54 Å². The van der Waals surface area contributed by atoms with E-state index in [1.54, 1.807) is 0 Å².